The van der Waals surface area contributed by atoms with Gasteiger partial charge in [-0.3, -0.25) is 18.7 Å². The van der Waals surface area contributed by atoms with Gasteiger partial charge in [0.05, 0.1) is 5.52 Å². The molecule has 16 heavy (non-hydrogen) atoms. The zero-order valence-corrected chi connectivity index (χ0v) is 8.98. The summed E-state index contributed by atoms with van der Waals surface area (Å²) in [6, 6.07) is 1.54. The molecule has 0 unspecified atom stereocenters. The molecule has 2 heterocycles. The molecule has 0 fully saturated rings. The number of H-pyrrole nitrogens is 1. The molecule has 2 aromatic rings. The van der Waals surface area contributed by atoms with Crippen LogP contribution in [0.2, 0.25) is 0 Å². The molecule has 2 aromatic heterocycles. The second-order valence-corrected chi connectivity index (χ2v) is 3.46. The monoisotopic (exact) mass is 221 g/mol. The zero-order chi connectivity index (χ0) is 11.9. The van der Waals surface area contributed by atoms with Gasteiger partial charge in [0.15, 0.2) is 0 Å². The quantitative estimate of drug-likeness (QED) is 0.699. The normalized spacial score (nSPS) is 10.9. The van der Waals surface area contributed by atoms with Crippen LogP contribution in [0, 0.1) is 0 Å². The number of aromatic amines is 1. The summed E-state index contributed by atoms with van der Waals surface area (Å²) >= 11 is 0. The van der Waals surface area contributed by atoms with Gasteiger partial charge in [0.2, 0.25) is 0 Å². The molecule has 0 amide bonds. The molecule has 6 nitrogen and oxygen atoms in total. The van der Waals surface area contributed by atoms with Gasteiger partial charge in [-0.1, -0.05) is 0 Å². The van der Waals surface area contributed by atoms with E-state index in [1.165, 1.54) is 17.8 Å². The molecule has 0 atom stereocenters. The Morgan fingerprint density at radius 3 is 2.62 bits per heavy atom. The van der Waals surface area contributed by atoms with Crippen LogP contribution >= 0.6 is 0 Å². The maximum atomic E-state index is 11.9. The van der Waals surface area contributed by atoms with Gasteiger partial charge in [0.1, 0.15) is 5.39 Å². The molecular formula is C10H11N3O3. The molecule has 2 rings (SSSR count). The highest BCUT2D eigenvalue weighted by molar-refractivity contribution is 5.76. The van der Waals surface area contributed by atoms with Gasteiger partial charge >= 0.3 is 5.69 Å². The number of nitrogens with zero attached hydrogens (tertiary/aromatic N) is 2. The standard InChI is InChI=1S/C10H11N3O3/c1-3-13-9(15)7-6(12(2)10(13)16)4-5-11-8(7)14/h4-5H,3H2,1-2H3,(H,11,14). The van der Waals surface area contributed by atoms with Crippen molar-refractivity contribution in [3.05, 3.63) is 43.5 Å². The Morgan fingerprint density at radius 1 is 1.31 bits per heavy atom. The molecule has 0 saturated carbocycles. The molecule has 0 aliphatic rings. The number of pyridine rings is 1. The predicted octanol–water partition coefficient (Wildman–Crippen LogP) is -0.592. The van der Waals surface area contributed by atoms with Gasteiger partial charge in [-0.05, 0) is 13.0 Å². The van der Waals surface area contributed by atoms with Gasteiger partial charge in [-0.25, -0.2) is 4.79 Å². The number of aryl methyl sites for hydroxylation is 1. The lowest BCUT2D eigenvalue weighted by Gasteiger charge is -2.07. The van der Waals surface area contributed by atoms with E-state index in [4.69, 9.17) is 0 Å². The summed E-state index contributed by atoms with van der Waals surface area (Å²) in [7, 11) is 1.54. The Morgan fingerprint density at radius 2 is 2.00 bits per heavy atom. The maximum absolute atomic E-state index is 11.9. The summed E-state index contributed by atoms with van der Waals surface area (Å²) in [6.07, 6.45) is 1.42. The lowest BCUT2D eigenvalue weighted by atomic mass is 10.3. The Labute approximate surface area is 89.8 Å². The molecule has 0 bridgehead atoms. The molecule has 0 saturated heterocycles. The van der Waals surface area contributed by atoms with Crippen molar-refractivity contribution >= 4 is 10.9 Å². The first-order chi connectivity index (χ1) is 7.57. The fraction of sp³-hybridized carbons (Fsp3) is 0.300. The summed E-state index contributed by atoms with van der Waals surface area (Å²) in [5.74, 6) is 0. The fourth-order valence-corrected chi connectivity index (χ4v) is 1.74. The Kier molecular flexibility index (Phi) is 2.26. The van der Waals surface area contributed by atoms with Gasteiger partial charge in [0.25, 0.3) is 11.1 Å². The van der Waals surface area contributed by atoms with E-state index in [0.717, 1.165) is 4.57 Å². The number of nitrogens with one attached hydrogen (secondary N) is 1. The first-order valence-electron chi connectivity index (χ1n) is 4.89. The molecular weight excluding hydrogens is 210 g/mol. The highest BCUT2D eigenvalue weighted by Crippen LogP contribution is 1.99. The van der Waals surface area contributed by atoms with Crippen LogP contribution in [0.3, 0.4) is 0 Å². The minimum atomic E-state index is -0.539. The lowest BCUT2D eigenvalue weighted by molar-refractivity contribution is 0.639. The van der Waals surface area contributed by atoms with Crippen molar-refractivity contribution in [2.24, 2.45) is 7.05 Å². The summed E-state index contributed by atoms with van der Waals surface area (Å²) in [5, 5.41) is 0.0199. The zero-order valence-electron chi connectivity index (χ0n) is 8.98. The number of rotatable bonds is 1. The minimum absolute atomic E-state index is 0.0199. The molecule has 0 aliphatic heterocycles. The van der Waals surface area contributed by atoms with Gasteiger partial charge in [-0.2, -0.15) is 0 Å². The first-order valence-corrected chi connectivity index (χ1v) is 4.89. The molecule has 1 N–H and O–H groups in total. The molecule has 0 aliphatic carbocycles. The topological polar surface area (TPSA) is 76.9 Å². The van der Waals surface area contributed by atoms with E-state index in [9.17, 15) is 14.4 Å². The van der Waals surface area contributed by atoms with Gasteiger partial charge in [0, 0.05) is 19.8 Å². The number of hydrogen-bond acceptors (Lipinski definition) is 3. The van der Waals surface area contributed by atoms with Crippen LogP contribution in [-0.4, -0.2) is 14.1 Å². The molecule has 0 spiro atoms. The van der Waals surface area contributed by atoms with Crippen molar-refractivity contribution in [3.63, 3.8) is 0 Å². The predicted molar refractivity (Wildman–Crippen MR) is 59.7 cm³/mol. The Bertz CT molecular complexity index is 721. The second kappa shape index (κ2) is 3.48. The van der Waals surface area contributed by atoms with Crippen molar-refractivity contribution < 1.29 is 0 Å². The molecule has 84 valence electrons. The Hall–Kier alpha value is -2.11. The van der Waals surface area contributed by atoms with Crippen LogP contribution in [-0.2, 0) is 13.6 Å². The number of fused-ring (bicyclic) bond motifs is 1. The average molecular weight is 221 g/mol. The van der Waals surface area contributed by atoms with Crippen LogP contribution in [0.1, 0.15) is 6.92 Å². The van der Waals surface area contributed by atoms with Crippen LogP contribution in [0.25, 0.3) is 10.9 Å². The molecule has 6 heteroatoms. The van der Waals surface area contributed by atoms with Crippen LogP contribution in [0.5, 0.6) is 0 Å². The number of hydrogen-bond donors (Lipinski definition) is 1. The lowest BCUT2D eigenvalue weighted by Crippen LogP contribution is -2.40. The van der Waals surface area contributed by atoms with Crippen LogP contribution < -0.4 is 16.8 Å². The molecule has 0 aromatic carbocycles. The SMILES string of the molecule is CCn1c(=O)c2c(=O)[nH]ccc2n(C)c1=O. The minimum Gasteiger partial charge on any atom is -0.328 e. The average Bonchev–Trinajstić information content (AvgIpc) is 2.26. The van der Waals surface area contributed by atoms with E-state index < -0.39 is 16.8 Å². The first kappa shape index (κ1) is 10.4. The van der Waals surface area contributed by atoms with Crippen LogP contribution in [0.4, 0.5) is 0 Å². The third-order valence-electron chi connectivity index (χ3n) is 2.59. The summed E-state index contributed by atoms with van der Waals surface area (Å²) < 4.78 is 2.34. The van der Waals surface area contributed by atoms with Crippen molar-refractivity contribution in [1.82, 2.24) is 14.1 Å². The van der Waals surface area contributed by atoms with Gasteiger partial charge < -0.3 is 4.98 Å². The van der Waals surface area contributed by atoms with E-state index in [1.807, 2.05) is 0 Å². The van der Waals surface area contributed by atoms with E-state index in [1.54, 1.807) is 13.0 Å². The summed E-state index contributed by atoms with van der Waals surface area (Å²) in [4.78, 5) is 37.6. The number of aromatic nitrogens is 3. The highest BCUT2D eigenvalue weighted by Gasteiger charge is 2.11. The van der Waals surface area contributed by atoms with E-state index in [2.05, 4.69) is 4.98 Å². The van der Waals surface area contributed by atoms with Crippen molar-refractivity contribution in [2.75, 3.05) is 0 Å². The van der Waals surface area contributed by atoms with Gasteiger partial charge in [-0.15, -0.1) is 0 Å². The largest absolute Gasteiger partial charge is 0.331 e. The van der Waals surface area contributed by atoms with Crippen molar-refractivity contribution in [3.8, 4) is 0 Å². The van der Waals surface area contributed by atoms with Crippen molar-refractivity contribution in [2.45, 2.75) is 13.5 Å². The fourth-order valence-electron chi connectivity index (χ4n) is 1.74. The highest BCUT2D eigenvalue weighted by atomic mass is 16.2. The maximum Gasteiger partial charge on any atom is 0.331 e. The summed E-state index contributed by atoms with van der Waals surface area (Å²) in [6.45, 7) is 1.93. The van der Waals surface area contributed by atoms with Crippen LogP contribution in [0.15, 0.2) is 26.6 Å². The van der Waals surface area contributed by atoms with E-state index in [0.29, 0.717) is 5.52 Å². The second-order valence-electron chi connectivity index (χ2n) is 3.46. The van der Waals surface area contributed by atoms with E-state index >= 15 is 0 Å². The smallest absolute Gasteiger partial charge is 0.328 e. The molecule has 0 radical (unpaired) electrons. The van der Waals surface area contributed by atoms with Crippen molar-refractivity contribution in [1.29, 1.82) is 0 Å². The Balaban J connectivity index is 3.22. The third-order valence-corrected chi connectivity index (χ3v) is 2.59. The summed E-state index contributed by atoms with van der Waals surface area (Å²) in [5.41, 5.74) is -1.07. The van der Waals surface area contributed by atoms with E-state index in [-0.39, 0.29) is 11.9 Å². The third kappa shape index (κ3) is 1.23.